The standard InChI is InChI=1S/C22H30N2O2/c1-14-17-15-10-6-7-11-16(15)23-19(17)22(12-8-5-9-13-22)24-18(14)20(25)26-21(2,3)4/h6-7,10-11,14,18,23-24H,5,8-9,12-13H2,1-4H3/t14-,18+/m0/s1. The zero-order chi connectivity index (χ0) is 18.5. The molecule has 2 aromatic rings. The van der Waals surface area contributed by atoms with Gasteiger partial charge in [0.05, 0.1) is 5.54 Å². The molecule has 2 aliphatic rings. The van der Waals surface area contributed by atoms with Gasteiger partial charge in [0.1, 0.15) is 11.6 Å². The molecule has 2 atom stereocenters. The number of aromatic amines is 1. The van der Waals surface area contributed by atoms with E-state index in [9.17, 15) is 4.79 Å². The second-order valence-electron chi connectivity index (χ2n) is 9.05. The van der Waals surface area contributed by atoms with Crippen LogP contribution in [-0.4, -0.2) is 22.6 Å². The predicted octanol–water partition coefficient (Wildman–Crippen LogP) is 4.74. The number of nitrogens with one attached hydrogen (secondary N) is 2. The normalized spacial score (nSPS) is 25.2. The zero-order valence-corrected chi connectivity index (χ0v) is 16.3. The molecule has 1 saturated carbocycles. The molecule has 26 heavy (non-hydrogen) atoms. The predicted molar refractivity (Wildman–Crippen MR) is 104 cm³/mol. The highest BCUT2D eigenvalue weighted by Crippen LogP contribution is 2.47. The van der Waals surface area contributed by atoms with Gasteiger partial charge < -0.3 is 9.72 Å². The van der Waals surface area contributed by atoms with Gasteiger partial charge in [0.2, 0.25) is 0 Å². The molecule has 4 nitrogen and oxygen atoms in total. The lowest BCUT2D eigenvalue weighted by Gasteiger charge is -2.46. The number of rotatable bonds is 1. The van der Waals surface area contributed by atoms with Gasteiger partial charge in [-0.2, -0.15) is 0 Å². The topological polar surface area (TPSA) is 54.1 Å². The van der Waals surface area contributed by atoms with Crippen LogP contribution in [0.4, 0.5) is 0 Å². The van der Waals surface area contributed by atoms with Gasteiger partial charge in [-0.1, -0.05) is 44.4 Å². The summed E-state index contributed by atoms with van der Waals surface area (Å²) in [6.07, 6.45) is 5.79. The Bertz CT molecular complexity index is 824. The summed E-state index contributed by atoms with van der Waals surface area (Å²) in [5, 5.41) is 5.00. The number of hydrogen-bond donors (Lipinski definition) is 2. The van der Waals surface area contributed by atoms with Crippen molar-refractivity contribution in [3.8, 4) is 0 Å². The zero-order valence-electron chi connectivity index (χ0n) is 16.3. The van der Waals surface area contributed by atoms with E-state index in [4.69, 9.17) is 4.74 Å². The molecule has 4 heteroatoms. The van der Waals surface area contributed by atoms with Gasteiger partial charge in [0, 0.05) is 22.5 Å². The molecule has 1 aromatic heterocycles. The summed E-state index contributed by atoms with van der Waals surface area (Å²) in [6, 6.07) is 8.16. The molecule has 1 spiro atoms. The quantitative estimate of drug-likeness (QED) is 0.727. The summed E-state index contributed by atoms with van der Waals surface area (Å²) in [7, 11) is 0. The van der Waals surface area contributed by atoms with Gasteiger partial charge in [0.25, 0.3) is 0 Å². The third kappa shape index (κ3) is 2.84. The van der Waals surface area contributed by atoms with Crippen molar-refractivity contribution < 1.29 is 9.53 Å². The Morgan fingerprint density at radius 1 is 1.15 bits per heavy atom. The fourth-order valence-electron chi connectivity index (χ4n) is 4.85. The lowest BCUT2D eigenvalue weighted by Crippen LogP contribution is -2.58. The number of aromatic nitrogens is 1. The van der Waals surface area contributed by atoms with E-state index < -0.39 is 5.60 Å². The van der Waals surface area contributed by atoms with Crippen molar-refractivity contribution in [2.75, 3.05) is 0 Å². The molecule has 0 saturated heterocycles. The van der Waals surface area contributed by atoms with E-state index >= 15 is 0 Å². The second-order valence-corrected chi connectivity index (χ2v) is 9.05. The number of carbonyl (C=O) groups excluding carboxylic acids is 1. The van der Waals surface area contributed by atoms with Crippen molar-refractivity contribution >= 4 is 16.9 Å². The third-order valence-corrected chi connectivity index (χ3v) is 5.98. The lowest BCUT2D eigenvalue weighted by molar-refractivity contribution is -0.159. The maximum Gasteiger partial charge on any atom is 0.324 e. The van der Waals surface area contributed by atoms with Crippen LogP contribution in [0.3, 0.4) is 0 Å². The molecule has 1 aliphatic heterocycles. The van der Waals surface area contributed by atoms with E-state index in [1.807, 2.05) is 20.8 Å². The van der Waals surface area contributed by atoms with Crippen LogP contribution in [0.25, 0.3) is 10.9 Å². The van der Waals surface area contributed by atoms with Crippen LogP contribution in [0, 0.1) is 0 Å². The van der Waals surface area contributed by atoms with Gasteiger partial charge in [-0.05, 0) is 45.2 Å². The molecular weight excluding hydrogens is 324 g/mol. The molecular formula is C22H30N2O2. The van der Waals surface area contributed by atoms with E-state index in [1.165, 1.54) is 41.4 Å². The minimum absolute atomic E-state index is 0.0727. The molecule has 140 valence electrons. The number of H-pyrrole nitrogens is 1. The summed E-state index contributed by atoms with van der Waals surface area (Å²) in [5.41, 5.74) is 3.16. The van der Waals surface area contributed by atoms with Crippen LogP contribution >= 0.6 is 0 Å². The number of ether oxygens (including phenoxy) is 1. The summed E-state index contributed by atoms with van der Waals surface area (Å²) in [4.78, 5) is 16.7. The van der Waals surface area contributed by atoms with Crippen LogP contribution in [0.15, 0.2) is 24.3 Å². The number of fused-ring (bicyclic) bond motifs is 4. The monoisotopic (exact) mass is 354 g/mol. The third-order valence-electron chi connectivity index (χ3n) is 5.98. The highest BCUT2D eigenvalue weighted by atomic mass is 16.6. The lowest BCUT2D eigenvalue weighted by atomic mass is 9.71. The van der Waals surface area contributed by atoms with Crippen LogP contribution in [0.1, 0.15) is 77.0 Å². The van der Waals surface area contributed by atoms with Crippen molar-refractivity contribution in [3.05, 3.63) is 35.5 Å². The Labute approximate surface area is 155 Å². The second kappa shape index (κ2) is 6.12. The Morgan fingerprint density at radius 3 is 2.54 bits per heavy atom. The molecule has 0 amide bonds. The van der Waals surface area contributed by atoms with Gasteiger partial charge >= 0.3 is 5.97 Å². The van der Waals surface area contributed by atoms with Crippen LogP contribution in [-0.2, 0) is 15.1 Å². The van der Waals surface area contributed by atoms with Gasteiger partial charge in [-0.25, -0.2) is 0 Å². The average molecular weight is 354 g/mol. The maximum atomic E-state index is 13.0. The summed E-state index contributed by atoms with van der Waals surface area (Å²) >= 11 is 0. The molecule has 2 N–H and O–H groups in total. The Hall–Kier alpha value is -1.81. The number of esters is 1. The fraction of sp³-hybridized carbons (Fsp3) is 0.591. The Morgan fingerprint density at radius 2 is 1.85 bits per heavy atom. The van der Waals surface area contributed by atoms with Crippen LogP contribution in [0.2, 0.25) is 0 Å². The van der Waals surface area contributed by atoms with Gasteiger partial charge in [0.15, 0.2) is 0 Å². The number of carbonyl (C=O) groups is 1. The van der Waals surface area contributed by atoms with E-state index in [0.717, 1.165) is 12.8 Å². The van der Waals surface area contributed by atoms with Crippen molar-refractivity contribution in [1.82, 2.24) is 10.3 Å². The van der Waals surface area contributed by atoms with Crippen LogP contribution < -0.4 is 5.32 Å². The van der Waals surface area contributed by atoms with E-state index in [2.05, 4.69) is 41.5 Å². The maximum absolute atomic E-state index is 13.0. The van der Waals surface area contributed by atoms with E-state index in [0.29, 0.717) is 0 Å². The number of benzene rings is 1. The minimum atomic E-state index is -0.474. The van der Waals surface area contributed by atoms with E-state index in [1.54, 1.807) is 0 Å². The fourth-order valence-corrected chi connectivity index (χ4v) is 4.85. The van der Waals surface area contributed by atoms with E-state index in [-0.39, 0.29) is 23.5 Å². The van der Waals surface area contributed by atoms with Crippen molar-refractivity contribution in [3.63, 3.8) is 0 Å². The number of hydrogen-bond acceptors (Lipinski definition) is 3. The summed E-state index contributed by atoms with van der Waals surface area (Å²) in [5.74, 6) is -0.0607. The average Bonchev–Trinajstić information content (AvgIpc) is 2.98. The summed E-state index contributed by atoms with van der Waals surface area (Å²) < 4.78 is 5.77. The van der Waals surface area contributed by atoms with Crippen molar-refractivity contribution in [1.29, 1.82) is 0 Å². The molecule has 1 fully saturated rings. The molecule has 1 aromatic carbocycles. The smallest absolute Gasteiger partial charge is 0.324 e. The largest absolute Gasteiger partial charge is 0.459 e. The minimum Gasteiger partial charge on any atom is -0.459 e. The van der Waals surface area contributed by atoms with Crippen LogP contribution in [0.5, 0.6) is 0 Å². The van der Waals surface area contributed by atoms with Gasteiger partial charge in [-0.15, -0.1) is 0 Å². The Kier molecular flexibility index (Phi) is 4.14. The van der Waals surface area contributed by atoms with Gasteiger partial charge in [-0.3, -0.25) is 10.1 Å². The Balaban J connectivity index is 1.83. The van der Waals surface area contributed by atoms with Crippen molar-refractivity contribution in [2.24, 2.45) is 0 Å². The molecule has 4 rings (SSSR count). The molecule has 0 bridgehead atoms. The first-order valence-corrected chi connectivity index (χ1v) is 9.92. The summed E-state index contributed by atoms with van der Waals surface area (Å²) in [6.45, 7) is 7.96. The SMILES string of the molecule is C[C@H]1c2c([nH]c3ccccc23)C2(CCCCC2)N[C@H]1C(=O)OC(C)(C)C. The van der Waals surface area contributed by atoms with Crippen molar-refractivity contribution in [2.45, 2.75) is 82.9 Å². The first-order chi connectivity index (χ1) is 12.3. The molecule has 0 unspecified atom stereocenters. The number of para-hydroxylation sites is 1. The molecule has 2 heterocycles. The first kappa shape index (κ1) is 17.6. The first-order valence-electron chi connectivity index (χ1n) is 9.92. The highest BCUT2D eigenvalue weighted by molar-refractivity contribution is 5.88. The highest BCUT2D eigenvalue weighted by Gasteiger charge is 2.48. The molecule has 0 radical (unpaired) electrons. The molecule has 1 aliphatic carbocycles.